The maximum absolute atomic E-state index is 13.4. The first-order valence-corrected chi connectivity index (χ1v) is 11.7. The van der Waals surface area contributed by atoms with Gasteiger partial charge in [-0.15, -0.1) is 0 Å². The smallest absolute Gasteiger partial charge is 0.232 e. The Bertz CT molecular complexity index is 720. The number of hydrogen-bond acceptors (Lipinski definition) is 4. The maximum atomic E-state index is 13.4. The van der Waals surface area contributed by atoms with Gasteiger partial charge in [0.2, 0.25) is 11.8 Å². The van der Waals surface area contributed by atoms with Gasteiger partial charge in [0.15, 0.2) is 0 Å². The monoisotopic (exact) mass is 402 g/mol. The third-order valence-corrected chi connectivity index (χ3v) is 7.52. The minimum Gasteiger partial charge on any atom is -0.380 e. The topological polar surface area (TPSA) is 58.6 Å². The average molecular weight is 403 g/mol. The van der Waals surface area contributed by atoms with E-state index in [1.807, 2.05) is 17.2 Å². The summed E-state index contributed by atoms with van der Waals surface area (Å²) in [5, 5.41) is 3.30. The van der Waals surface area contributed by atoms with Crippen molar-refractivity contribution in [3.05, 3.63) is 35.9 Å². The highest BCUT2D eigenvalue weighted by Crippen LogP contribution is 2.43. The van der Waals surface area contributed by atoms with Gasteiger partial charge in [0, 0.05) is 31.0 Å². The summed E-state index contributed by atoms with van der Waals surface area (Å²) < 4.78 is 5.70. The molecule has 2 atom stereocenters. The Labute approximate surface area is 171 Å². The van der Waals surface area contributed by atoms with Gasteiger partial charge < -0.3 is 15.0 Å². The van der Waals surface area contributed by atoms with E-state index in [1.165, 1.54) is 30.2 Å². The average Bonchev–Trinajstić information content (AvgIpc) is 3.42. The van der Waals surface area contributed by atoms with Crippen LogP contribution >= 0.6 is 11.8 Å². The molecular weight excluding hydrogens is 372 g/mol. The molecule has 0 unspecified atom stereocenters. The van der Waals surface area contributed by atoms with E-state index in [0.29, 0.717) is 38.6 Å². The van der Waals surface area contributed by atoms with Crippen LogP contribution in [0, 0.1) is 11.3 Å². The molecule has 2 saturated heterocycles. The van der Waals surface area contributed by atoms with Gasteiger partial charge in [0.25, 0.3) is 0 Å². The Balaban J connectivity index is 1.47. The number of nitrogens with one attached hydrogen (secondary N) is 1. The lowest BCUT2D eigenvalue weighted by atomic mass is 9.77. The molecule has 3 fully saturated rings. The minimum absolute atomic E-state index is 0.0372. The van der Waals surface area contributed by atoms with Crippen LogP contribution in [0.15, 0.2) is 30.3 Å². The number of likely N-dealkylation sites (tertiary alicyclic amines) is 1. The Morgan fingerprint density at radius 2 is 2.00 bits per heavy atom. The van der Waals surface area contributed by atoms with Crippen LogP contribution in [0.3, 0.4) is 0 Å². The van der Waals surface area contributed by atoms with Gasteiger partial charge in [-0.2, -0.15) is 11.8 Å². The number of thioether (sulfide) groups is 1. The van der Waals surface area contributed by atoms with Crippen molar-refractivity contribution in [1.82, 2.24) is 10.2 Å². The predicted octanol–water partition coefficient (Wildman–Crippen LogP) is 2.45. The van der Waals surface area contributed by atoms with Gasteiger partial charge >= 0.3 is 0 Å². The highest BCUT2D eigenvalue weighted by atomic mass is 32.2. The summed E-state index contributed by atoms with van der Waals surface area (Å²) in [6, 6.07) is 10.6. The van der Waals surface area contributed by atoms with Crippen molar-refractivity contribution in [1.29, 1.82) is 0 Å². The normalized spacial score (nSPS) is 28.3. The molecule has 2 heterocycles. The third kappa shape index (κ3) is 3.45. The molecule has 0 spiro atoms. The van der Waals surface area contributed by atoms with Crippen molar-refractivity contribution in [2.45, 2.75) is 31.1 Å². The molecule has 1 aromatic carbocycles. The van der Waals surface area contributed by atoms with Crippen molar-refractivity contribution in [3.8, 4) is 0 Å². The van der Waals surface area contributed by atoms with Crippen LogP contribution in [0.2, 0.25) is 0 Å². The van der Waals surface area contributed by atoms with Gasteiger partial charge in [-0.05, 0) is 24.7 Å². The summed E-state index contributed by atoms with van der Waals surface area (Å²) in [7, 11) is 0. The number of carbonyl (C=O) groups is 2. The quantitative estimate of drug-likeness (QED) is 0.794. The molecule has 2 amide bonds. The fraction of sp³-hybridized carbons (Fsp3) is 0.636. The van der Waals surface area contributed by atoms with Gasteiger partial charge in [-0.1, -0.05) is 43.2 Å². The van der Waals surface area contributed by atoms with E-state index in [2.05, 4.69) is 29.6 Å². The number of carbonyl (C=O) groups excluding carboxylic acids is 2. The SMILES string of the molecule is CSCC(=O)N1C[C@@H]2COC[C@]2(C(=O)NCC2(c3ccccc3)CCCC2)C1. The van der Waals surface area contributed by atoms with Crippen LogP contribution in [0.25, 0.3) is 0 Å². The van der Waals surface area contributed by atoms with E-state index >= 15 is 0 Å². The predicted molar refractivity (Wildman–Crippen MR) is 111 cm³/mol. The number of nitrogens with zero attached hydrogens (tertiary/aromatic N) is 1. The Morgan fingerprint density at radius 3 is 2.71 bits per heavy atom. The van der Waals surface area contributed by atoms with Crippen molar-refractivity contribution in [3.63, 3.8) is 0 Å². The third-order valence-electron chi connectivity index (χ3n) is 6.98. The summed E-state index contributed by atoms with van der Waals surface area (Å²) in [6.45, 7) is 2.78. The molecule has 5 nitrogen and oxygen atoms in total. The van der Waals surface area contributed by atoms with Crippen LogP contribution in [-0.4, -0.2) is 61.6 Å². The molecule has 1 saturated carbocycles. The Hall–Kier alpha value is -1.53. The zero-order valence-corrected chi connectivity index (χ0v) is 17.4. The van der Waals surface area contributed by atoms with Crippen molar-refractivity contribution >= 4 is 23.6 Å². The summed E-state index contributed by atoms with van der Waals surface area (Å²) in [5.41, 5.74) is 0.785. The first kappa shape index (κ1) is 19.8. The van der Waals surface area contributed by atoms with Crippen molar-refractivity contribution < 1.29 is 14.3 Å². The number of ether oxygens (including phenoxy) is 1. The fourth-order valence-electron chi connectivity index (χ4n) is 5.30. The molecule has 4 rings (SSSR count). The second-order valence-corrected chi connectivity index (χ2v) is 9.48. The number of hydrogen-bond donors (Lipinski definition) is 1. The number of rotatable bonds is 6. The van der Waals surface area contributed by atoms with E-state index in [0.717, 1.165) is 12.8 Å². The second-order valence-electron chi connectivity index (χ2n) is 8.61. The lowest BCUT2D eigenvalue weighted by molar-refractivity contribution is -0.133. The highest BCUT2D eigenvalue weighted by Gasteiger charge is 2.56. The van der Waals surface area contributed by atoms with E-state index in [9.17, 15) is 9.59 Å². The van der Waals surface area contributed by atoms with E-state index in [-0.39, 0.29) is 23.1 Å². The molecule has 152 valence electrons. The summed E-state index contributed by atoms with van der Waals surface area (Å²) in [5.74, 6) is 0.777. The zero-order valence-electron chi connectivity index (χ0n) is 16.6. The van der Waals surface area contributed by atoms with E-state index < -0.39 is 5.41 Å². The van der Waals surface area contributed by atoms with Crippen LogP contribution in [-0.2, 0) is 19.7 Å². The number of fused-ring (bicyclic) bond motifs is 1. The molecule has 28 heavy (non-hydrogen) atoms. The molecule has 2 aliphatic heterocycles. The van der Waals surface area contributed by atoms with Gasteiger partial charge in [0.05, 0.1) is 24.4 Å². The maximum Gasteiger partial charge on any atom is 0.232 e. The van der Waals surface area contributed by atoms with Gasteiger partial charge in [-0.25, -0.2) is 0 Å². The van der Waals surface area contributed by atoms with E-state index in [1.54, 1.807) is 0 Å². The molecule has 0 bridgehead atoms. The van der Waals surface area contributed by atoms with Crippen LogP contribution in [0.5, 0.6) is 0 Å². The lowest BCUT2D eigenvalue weighted by Gasteiger charge is -2.33. The molecule has 1 aliphatic carbocycles. The molecule has 6 heteroatoms. The number of benzene rings is 1. The largest absolute Gasteiger partial charge is 0.380 e. The minimum atomic E-state index is -0.579. The van der Waals surface area contributed by atoms with Crippen molar-refractivity contribution in [2.24, 2.45) is 11.3 Å². The molecule has 1 aromatic rings. The van der Waals surface area contributed by atoms with E-state index in [4.69, 9.17) is 4.74 Å². The fourth-order valence-corrected chi connectivity index (χ4v) is 5.73. The van der Waals surface area contributed by atoms with Gasteiger partial charge in [0.1, 0.15) is 0 Å². The van der Waals surface area contributed by atoms with Crippen molar-refractivity contribution in [2.75, 3.05) is 44.9 Å². The Kier molecular flexibility index (Phi) is 5.70. The van der Waals surface area contributed by atoms with Gasteiger partial charge in [-0.3, -0.25) is 9.59 Å². The Morgan fingerprint density at radius 1 is 1.25 bits per heavy atom. The highest BCUT2D eigenvalue weighted by molar-refractivity contribution is 7.99. The summed E-state index contributed by atoms with van der Waals surface area (Å²) in [4.78, 5) is 27.6. The standard InChI is InChI=1S/C22H30N2O3S/c1-28-13-19(25)24-11-18-12-27-16-22(18,15-24)20(26)23-14-21(9-5-6-10-21)17-7-3-2-4-8-17/h2-4,7-8,18H,5-6,9-16H2,1H3,(H,23,26)/t18-,22-/m1/s1. The summed E-state index contributed by atoms with van der Waals surface area (Å²) in [6.07, 6.45) is 6.58. The van der Waals surface area contributed by atoms with Crippen LogP contribution in [0.4, 0.5) is 0 Å². The molecular formula is C22H30N2O3S. The molecule has 0 aromatic heterocycles. The zero-order chi connectivity index (χ0) is 19.6. The molecule has 0 radical (unpaired) electrons. The second kappa shape index (κ2) is 8.07. The first-order chi connectivity index (χ1) is 13.6. The summed E-state index contributed by atoms with van der Waals surface area (Å²) >= 11 is 1.53. The number of amides is 2. The molecule has 1 N–H and O–H groups in total. The first-order valence-electron chi connectivity index (χ1n) is 10.3. The van der Waals surface area contributed by atoms with Crippen LogP contribution in [0.1, 0.15) is 31.2 Å². The van der Waals surface area contributed by atoms with Crippen LogP contribution < -0.4 is 5.32 Å². The molecule has 3 aliphatic rings. The lowest BCUT2D eigenvalue weighted by Crippen LogP contribution is -2.50.